The molecule has 110 valence electrons. The predicted octanol–water partition coefficient (Wildman–Crippen LogP) is 5.04. The van der Waals surface area contributed by atoms with Gasteiger partial charge in [-0.05, 0) is 36.1 Å². The number of phenols is 1. The Kier molecular flexibility index (Phi) is 4.43. The molecule has 0 bridgehead atoms. The van der Waals surface area contributed by atoms with Crippen LogP contribution in [0.4, 0.5) is 5.69 Å². The van der Waals surface area contributed by atoms with Crippen LogP contribution in [0.5, 0.6) is 5.75 Å². The molecule has 0 aliphatic rings. The number of aromatic hydroxyl groups is 1. The van der Waals surface area contributed by atoms with E-state index in [0.717, 1.165) is 27.3 Å². The zero-order chi connectivity index (χ0) is 15.6. The van der Waals surface area contributed by atoms with Gasteiger partial charge in [0, 0.05) is 22.2 Å². The Balaban J connectivity index is 2.46. The predicted molar refractivity (Wildman–Crippen MR) is 92.5 cm³/mol. The average Bonchev–Trinajstić information content (AvgIpc) is 2.39. The number of aliphatic imine (C=N–C) groups is 1. The third-order valence-corrected chi connectivity index (χ3v) is 3.69. The zero-order valence-electron chi connectivity index (χ0n) is 12.9. The van der Waals surface area contributed by atoms with Crippen molar-refractivity contribution in [3.05, 3.63) is 53.1 Å². The minimum Gasteiger partial charge on any atom is -0.507 e. The maximum atomic E-state index is 10.5. The summed E-state index contributed by atoms with van der Waals surface area (Å²) in [4.78, 5) is 5.26. The Morgan fingerprint density at radius 2 is 1.81 bits per heavy atom. The first-order valence-corrected chi connectivity index (χ1v) is 7.40. The van der Waals surface area contributed by atoms with E-state index in [1.807, 2.05) is 43.3 Å². The van der Waals surface area contributed by atoms with Gasteiger partial charge in [-0.2, -0.15) is 0 Å². The van der Waals surface area contributed by atoms with E-state index in [9.17, 15) is 5.11 Å². The van der Waals surface area contributed by atoms with E-state index >= 15 is 0 Å². The summed E-state index contributed by atoms with van der Waals surface area (Å²) >= 11 is 4.38. The number of thiol groups is 1. The lowest BCUT2D eigenvalue weighted by Gasteiger charge is -2.22. The Hall–Kier alpha value is -1.74. The van der Waals surface area contributed by atoms with E-state index in [1.165, 1.54) is 0 Å². The van der Waals surface area contributed by atoms with Crippen LogP contribution in [0.15, 0.2) is 46.3 Å². The van der Waals surface area contributed by atoms with Gasteiger partial charge in [0.2, 0.25) is 0 Å². The van der Waals surface area contributed by atoms with Crippen molar-refractivity contribution in [2.45, 2.75) is 38.0 Å². The van der Waals surface area contributed by atoms with Gasteiger partial charge < -0.3 is 5.11 Å². The first kappa shape index (κ1) is 15.6. The van der Waals surface area contributed by atoms with Crippen LogP contribution in [-0.4, -0.2) is 11.3 Å². The van der Waals surface area contributed by atoms with Crippen molar-refractivity contribution in [1.82, 2.24) is 0 Å². The van der Waals surface area contributed by atoms with Crippen LogP contribution < -0.4 is 0 Å². The third kappa shape index (κ3) is 3.67. The molecule has 0 saturated heterocycles. The van der Waals surface area contributed by atoms with Crippen molar-refractivity contribution in [1.29, 1.82) is 0 Å². The van der Waals surface area contributed by atoms with E-state index in [0.29, 0.717) is 5.75 Å². The van der Waals surface area contributed by atoms with Gasteiger partial charge in [0.15, 0.2) is 0 Å². The number of phenolic OH excluding ortho intramolecular Hbond substituents is 1. The van der Waals surface area contributed by atoms with Crippen LogP contribution in [-0.2, 0) is 5.41 Å². The molecule has 0 aliphatic carbocycles. The molecule has 0 unspecified atom stereocenters. The molecular formula is C18H21NOS. The van der Waals surface area contributed by atoms with Gasteiger partial charge in [0.1, 0.15) is 5.75 Å². The van der Waals surface area contributed by atoms with Gasteiger partial charge in [-0.15, -0.1) is 12.6 Å². The summed E-state index contributed by atoms with van der Waals surface area (Å²) in [6.45, 7) is 8.29. The first-order valence-electron chi connectivity index (χ1n) is 6.95. The van der Waals surface area contributed by atoms with Crippen molar-refractivity contribution in [3.8, 4) is 5.75 Å². The van der Waals surface area contributed by atoms with Gasteiger partial charge in [-0.3, -0.25) is 4.99 Å². The number of para-hydroxylation sites is 1. The van der Waals surface area contributed by atoms with Gasteiger partial charge in [0.05, 0.1) is 5.69 Å². The SMILES string of the molecule is Cc1cc(C=Nc2ccccc2S)c(O)c(C(C)(C)C)c1. The largest absolute Gasteiger partial charge is 0.507 e. The lowest BCUT2D eigenvalue weighted by molar-refractivity contribution is 0.445. The van der Waals surface area contributed by atoms with Crippen LogP contribution in [0.25, 0.3) is 0 Å². The second kappa shape index (κ2) is 5.94. The fourth-order valence-electron chi connectivity index (χ4n) is 2.19. The molecule has 0 aliphatic heterocycles. The lowest BCUT2D eigenvalue weighted by atomic mass is 9.84. The Morgan fingerprint density at radius 1 is 1.14 bits per heavy atom. The summed E-state index contributed by atoms with van der Waals surface area (Å²) in [5.41, 5.74) is 3.46. The highest BCUT2D eigenvalue weighted by Gasteiger charge is 2.20. The molecular weight excluding hydrogens is 278 g/mol. The summed E-state index contributed by atoms with van der Waals surface area (Å²) in [5, 5.41) is 10.5. The summed E-state index contributed by atoms with van der Waals surface area (Å²) in [5.74, 6) is 0.300. The molecule has 3 heteroatoms. The molecule has 0 saturated carbocycles. The number of nitrogens with zero attached hydrogens (tertiary/aromatic N) is 1. The Bertz CT molecular complexity index is 684. The normalized spacial score (nSPS) is 12.0. The van der Waals surface area contributed by atoms with Gasteiger partial charge in [0.25, 0.3) is 0 Å². The van der Waals surface area contributed by atoms with Crippen molar-refractivity contribution < 1.29 is 5.11 Å². The molecule has 2 aromatic rings. The smallest absolute Gasteiger partial charge is 0.128 e. The number of aryl methyl sites for hydroxylation is 1. The van der Waals surface area contributed by atoms with Crippen molar-refractivity contribution in [2.75, 3.05) is 0 Å². The van der Waals surface area contributed by atoms with Crippen LogP contribution >= 0.6 is 12.6 Å². The van der Waals surface area contributed by atoms with E-state index in [4.69, 9.17) is 0 Å². The van der Waals surface area contributed by atoms with Crippen molar-refractivity contribution in [3.63, 3.8) is 0 Å². The second-order valence-corrected chi connectivity index (χ2v) is 6.73. The molecule has 0 amide bonds. The maximum Gasteiger partial charge on any atom is 0.128 e. The molecule has 2 aromatic carbocycles. The highest BCUT2D eigenvalue weighted by Crippen LogP contribution is 2.34. The van der Waals surface area contributed by atoms with Crippen molar-refractivity contribution in [2.24, 2.45) is 4.99 Å². The molecule has 0 radical (unpaired) electrons. The van der Waals surface area contributed by atoms with Crippen LogP contribution in [0, 0.1) is 6.92 Å². The number of benzene rings is 2. The van der Waals surface area contributed by atoms with Crippen LogP contribution in [0.3, 0.4) is 0 Å². The van der Waals surface area contributed by atoms with Gasteiger partial charge >= 0.3 is 0 Å². The molecule has 0 aromatic heterocycles. The fraction of sp³-hybridized carbons (Fsp3) is 0.278. The summed E-state index contributed by atoms with van der Waals surface area (Å²) < 4.78 is 0. The molecule has 2 nitrogen and oxygen atoms in total. The molecule has 0 fully saturated rings. The van der Waals surface area contributed by atoms with E-state index in [2.05, 4.69) is 38.4 Å². The number of hydrogen-bond acceptors (Lipinski definition) is 3. The van der Waals surface area contributed by atoms with E-state index in [1.54, 1.807) is 6.21 Å². The third-order valence-electron chi connectivity index (χ3n) is 3.32. The number of rotatable bonds is 2. The monoisotopic (exact) mass is 299 g/mol. The number of hydrogen-bond donors (Lipinski definition) is 2. The quantitative estimate of drug-likeness (QED) is 0.591. The van der Waals surface area contributed by atoms with Gasteiger partial charge in [-0.1, -0.05) is 39.0 Å². The van der Waals surface area contributed by atoms with Gasteiger partial charge in [-0.25, -0.2) is 0 Å². The molecule has 2 rings (SSSR count). The molecule has 1 N–H and O–H groups in total. The topological polar surface area (TPSA) is 32.6 Å². The lowest BCUT2D eigenvalue weighted by Crippen LogP contribution is -2.12. The van der Waals surface area contributed by atoms with Crippen LogP contribution in [0.1, 0.15) is 37.5 Å². The maximum absolute atomic E-state index is 10.5. The Morgan fingerprint density at radius 3 is 2.43 bits per heavy atom. The minimum atomic E-state index is -0.111. The first-order chi connectivity index (χ1) is 9.79. The summed E-state index contributed by atoms with van der Waals surface area (Å²) in [7, 11) is 0. The average molecular weight is 299 g/mol. The van der Waals surface area contributed by atoms with E-state index < -0.39 is 0 Å². The minimum absolute atomic E-state index is 0.111. The molecule has 0 heterocycles. The highest BCUT2D eigenvalue weighted by atomic mass is 32.1. The second-order valence-electron chi connectivity index (χ2n) is 6.25. The molecule has 0 spiro atoms. The fourth-order valence-corrected chi connectivity index (χ4v) is 2.41. The Labute approximate surface area is 132 Å². The van der Waals surface area contributed by atoms with Crippen LogP contribution in [0.2, 0.25) is 0 Å². The summed E-state index contributed by atoms with van der Waals surface area (Å²) in [6.07, 6.45) is 1.70. The van der Waals surface area contributed by atoms with Crippen molar-refractivity contribution >= 4 is 24.5 Å². The highest BCUT2D eigenvalue weighted by molar-refractivity contribution is 7.80. The molecule has 21 heavy (non-hydrogen) atoms. The summed E-state index contributed by atoms with van der Waals surface area (Å²) in [6, 6.07) is 11.6. The standard InChI is InChI=1S/C18H21NOS/c1-12-9-13(17(20)14(10-12)18(2,3)4)11-19-15-7-5-6-8-16(15)21/h5-11,20-21H,1-4H3. The van der Waals surface area contributed by atoms with E-state index in [-0.39, 0.29) is 5.41 Å². The molecule has 0 atom stereocenters. The zero-order valence-corrected chi connectivity index (χ0v) is 13.8.